The summed E-state index contributed by atoms with van der Waals surface area (Å²) >= 11 is 0. The Morgan fingerprint density at radius 1 is 0.971 bits per heavy atom. The van der Waals surface area contributed by atoms with E-state index in [0.717, 1.165) is 39.9 Å². The predicted molar refractivity (Wildman–Crippen MR) is 137 cm³/mol. The van der Waals surface area contributed by atoms with E-state index < -0.39 is 5.97 Å². The van der Waals surface area contributed by atoms with Crippen molar-refractivity contribution in [2.24, 2.45) is 11.8 Å². The van der Waals surface area contributed by atoms with Gasteiger partial charge in [-0.05, 0) is 72.1 Å². The van der Waals surface area contributed by atoms with Gasteiger partial charge in [0.05, 0.1) is 17.6 Å². The first-order valence-electron chi connectivity index (χ1n) is 12.5. The standard InChI is InChI=1S/C31H29NO3/c33-30(34)17-23-12-15-27(35-20-26-14-11-22-6-4-5-9-29(22)32-26)18-28(23)31(24-7-2-1-3-8-24)19-21-10-13-25(31)16-21/h1-9,11-12,14-15,18,21,25H,10,13,16-17,19-20H2,(H,33,34). The first kappa shape index (κ1) is 21.8. The van der Waals surface area contributed by atoms with Crippen LogP contribution in [0.2, 0.25) is 0 Å². The first-order valence-corrected chi connectivity index (χ1v) is 12.5. The molecule has 2 aliphatic carbocycles. The van der Waals surface area contributed by atoms with Gasteiger partial charge in [0.2, 0.25) is 0 Å². The number of benzene rings is 3. The molecule has 0 spiro atoms. The molecule has 176 valence electrons. The van der Waals surface area contributed by atoms with Crippen molar-refractivity contribution in [3.8, 4) is 5.75 Å². The van der Waals surface area contributed by atoms with E-state index in [1.54, 1.807) is 0 Å². The van der Waals surface area contributed by atoms with Gasteiger partial charge in [-0.1, -0.05) is 67.1 Å². The highest BCUT2D eigenvalue weighted by Crippen LogP contribution is 2.60. The van der Waals surface area contributed by atoms with Crippen LogP contribution in [0.1, 0.15) is 48.1 Å². The van der Waals surface area contributed by atoms with Gasteiger partial charge in [-0.2, -0.15) is 0 Å². The van der Waals surface area contributed by atoms with Crippen molar-refractivity contribution >= 4 is 16.9 Å². The largest absolute Gasteiger partial charge is 0.487 e. The second-order valence-corrected chi connectivity index (χ2v) is 10.1. The van der Waals surface area contributed by atoms with Crippen molar-refractivity contribution in [1.29, 1.82) is 0 Å². The summed E-state index contributed by atoms with van der Waals surface area (Å²) < 4.78 is 6.25. The second kappa shape index (κ2) is 8.84. The van der Waals surface area contributed by atoms with Crippen LogP contribution >= 0.6 is 0 Å². The molecule has 0 aliphatic heterocycles. The van der Waals surface area contributed by atoms with Crippen LogP contribution in [-0.2, 0) is 23.2 Å². The summed E-state index contributed by atoms with van der Waals surface area (Å²) in [5, 5.41) is 10.8. The Morgan fingerprint density at radius 2 is 1.80 bits per heavy atom. The summed E-state index contributed by atoms with van der Waals surface area (Å²) in [7, 11) is 0. The Balaban J connectivity index is 1.38. The number of aliphatic carboxylic acids is 1. The molecule has 1 aromatic heterocycles. The summed E-state index contributed by atoms with van der Waals surface area (Å²) in [6.07, 6.45) is 4.78. The summed E-state index contributed by atoms with van der Waals surface area (Å²) in [6, 6.07) is 28.8. The average molecular weight is 464 g/mol. The molecule has 4 heteroatoms. The summed E-state index contributed by atoms with van der Waals surface area (Å²) in [5.41, 5.74) is 4.99. The van der Waals surface area contributed by atoms with Crippen LogP contribution in [0.4, 0.5) is 0 Å². The fourth-order valence-corrected chi connectivity index (χ4v) is 6.63. The number of fused-ring (bicyclic) bond motifs is 3. The number of nitrogens with zero attached hydrogens (tertiary/aromatic N) is 1. The van der Waals surface area contributed by atoms with E-state index in [4.69, 9.17) is 9.72 Å². The Labute approximate surface area is 205 Å². The zero-order chi connectivity index (χ0) is 23.8. The molecule has 0 radical (unpaired) electrons. The van der Waals surface area contributed by atoms with Crippen LogP contribution in [0.3, 0.4) is 0 Å². The number of hydrogen-bond donors (Lipinski definition) is 1. The lowest BCUT2D eigenvalue weighted by molar-refractivity contribution is -0.136. The minimum absolute atomic E-state index is 0.0216. The molecule has 2 aliphatic rings. The van der Waals surface area contributed by atoms with Crippen molar-refractivity contribution in [3.05, 3.63) is 107 Å². The number of hydrogen-bond acceptors (Lipinski definition) is 3. The maximum atomic E-state index is 11.8. The molecule has 2 bridgehead atoms. The molecule has 3 unspecified atom stereocenters. The highest BCUT2D eigenvalue weighted by Gasteiger charge is 2.53. The second-order valence-electron chi connectivity index (χ2n) is 10.1. The quantitative estimate of drug-likeness (QED) is 0.338. The number of aromatic nitrogens is 1. The van der Waals surface area contributed by atoms with Gasteiger partial charge in [-0.3, -0.25) is 4.79 Å². The van der Waals surface area contributed by atoms with Crippen LogP contribution < -0.4 is 4.74 Å². The van der Waals surface area contributed by atoms with Gasteiger partial charge >= 0.3 is 5.97 Å². The normalized spacial score (nSPS) is 23.0. The van der Waals surface area contributed by atoms with Gasteiger partial charge in [0.1, 0.15) is 12.4 Å². The topological polar surface area (TPSA) is 59.4 Å². The molecule has 2 fully saturated rings. The van der Waals surface area contributed by atoms with Gasteiger partial charge in [0, 0.05) is 10.8 Å². The van der Waals surface area contributed by atoms with E-state index in [9.17, 15) is 9.90 Å². The molecule has 0 amide bonds. The molecule has 1 N–H and O–H groups in total. The minimum atomic E-state index is -0.799. The Kier molecular flexibility index (Phi) is 5.52. The van der Waals surface area contributed by atoms with Gasteiger partial charge in [-0.25, -0.2) is 4.98 Å². The fourth-order valence-electron chi connectivity index (χ4n) is 6.63. The highest BCUT2D eigenvalue weighted by molar-refractivity contribution is 5.78. The molecule has 3 atom stereocenters. The number of carbonyl (C=O) groups is 1. The van der Waals surface area contributed by atoms with Crippen molar-refractivity contribution in [2.75, 3.05) is 0 Å². The zero-order valence-corrected chi connectivity index (χ0v) is 19.7. The number of rotatable bonds is 7. The lowest BCUT2D eigenvalue weighted by atomic mass is 9.63. The highest BCUT2D eigenvalue weighted by atomic mass is 16.5. The van der Waals surface area contributed by atoms with E-state index in [-0.39, 0.29) is 11.8 Å². The third kappa shape index (κ3) is 3.97. The van der Waals surface area contributed by atoms with Crippen LogP contribution in [0.25, 0.3) is 10.9 Å². The van der Waals surface area contributed by atoms with Crippen LogP contribution in [0, 0.1) is 11.8 Å². The molecule has 4 aromatic rings. The molecule has 1 heterocycles. The molecule has 3 aromatic carbocycles. The Bertz CT molecular complexity index is 1380. The Hall–Kier alpha value is -3.66. The monoisotopic (exact) mass is 463 g/mol. The summed E-state index contributed by atoms with van der Waals surface area (Å²) in [4.78, 5) is 16.5. The van der Waals surface area contributed by atoms with Crippen LogP contribution in [-0.4, -0.2) is 16.1 Å². The molecule has 6 rings (SSSR count). The predicted octanol–water partition coefficient (Wildman–Crippen LogP) is 6.55. The Morgan fingerprint density at radius 3 is 2.57 bits per heavy atom. The molecular weight excluding hydrogens is 434 g/mol. The van der Waals surface area contributed by atoms with Gasteiger partial charge in [0.15, 0.2) is 0 Å². The minimum Gasteiger partial charge on any atom is -0.487 e. The van der Waals surface area contributed by atoms with E-state index in [0.29, 0.717) is 18.4 Å². The molecule has 0 saturated heterocycles. The summed E-state index contributed by atoms with van der Waals surface area (Å²) in [6.45, 7) is 0.368. The van der Waals surface area contributed by atoms with Crippen molar-refractivity contribution < 1.29 is 14.6 Å². The van der Waals surface area contributed by atoms with Crippen molar-refractivity contribution in [1.82, 2.24) is 4.98 Å². The van der Waals surface area contributed by atoms with E-state index in [1.165, 1.54) is 24.8 Å². The fraction of sp³-hybridized carbons (Fsp3) is 0.290. The number of ether oxygens (including phenoxy) is 1. The van der Waals surface area contributed by atoms with Crippen LogP contribution in [0.15, 0.2) is 84.9 Å². The van der Waals surface area contributed by atoms with Crippen molar-refractivity contribution in [3.63, 3.8) is 0 Å². The molecule has 4 nitrogen and oxygen atoms in total. The molecule has 35 heavy (non-hydrogen) atoms. The third-order valence-corrected chi connectivity index (χ3v) is 8.08. The smallest absolute Gasteiger partial charge is 0.307 e. The number of pyridine rings is 1. The zero-order valence-electron chi connectivity index (χ0n) is 19.7. The van der Waals surface area contributed by atoms with E-state index in [2.05, 4.69) is 48.5 Å². The lowest BCUT2D eigenvalue weighted by Gasteiger charge is -2.40. The molecular formula is C31H29NO3. The van der Waals surface area contributed by atoms with Gasteiger partial charge < -0.3 is 9.84 Å². The maximum absolute atomic E-state index is 11.8. The SMILES string of the molecule is O=C(O)Cc1ccc(OCc2ccc3ccccc3n2)cc1C1(c2ccccc2)CC2CCC1C2. The lowest BCUT2D eigenvalue weighted by Crippen LogP contribution is -2.35. The number of carboxylic acid groups (broad SMARTS) is 1. The summed E-state index contributed by atoms with van der Waals surface area (Å²) in [5.74, 6) is 1.19. The van der Waals surface area contributed by atoms with E-state index in [1.807, 2.05) is 36.4 Å². The average Bonchev–Trinajstić information content (AvgIpc) is 3.51. The first-order chi connectivity index (χ1) is 17.1. The van der Waals surface area contributed by atoms with E-state index >= 15 is 0 Å². The number of carboxylic acids is 1. The van der Waals surface area contributed by atoms with Gasteiger partial charge in [-0.15, -0.1) is 0 Å². The molecule has 2 saturated carbocycles. The van der Waals surface area contributed by atoms with Gasteiger partial charge in [0.25, 0.3) is 0 Å². The van der Waals surface area contributed by atoms with Crippen LogP contribution in [0.5, 0.6) is 5.75 Å². The maximum Gasteiger partial charge on any atom is 0.307 e. The number of para-hydroxylation sites is 1. The van der Waals surface area contributed by atoms with Crippen molar-refractivity contribution in [2.45, 2.75) is 44.1 Å². The third-order valence-electron chi connectivity index (χ3n) is 8.08.